The van der Waals surface area contributed by atoms with E-state index in [4.69, 9.17) is 4.74 Å². The van der Waals surface area contributed by atoms with Crippen LogP contribution < -0.4 is 0 Å². The number of hydrogen-bond acceptors (Lipinski definition) is 1. The van der Waals surface area contributed by atoms with Gasteiger partial charge < -0.3 is 4.74 Å². The van der Waals surface area contributed by atoms with E-state index in [-0.39, 0.29) is 5.56 Å². The van der Waals surface area contributed by atoms with Crippen LogP contribution in [0, 0.1) is 35.1 Å². The molecule has 0 atom stereocenters. The van der Waals surface area contributed by atoms with Gasteiger partial charge in [0.05, 0.1) is 12.2 Å². The highest BCUT2D eigenvalue weighted by Crippen LogP contribution is 2.26. The summed E-state index contributed by atoms with van der Waals surface area (Å²) >= 11 is 0. The molecule has 0 aliphatic heterocycles. The number of ether oxygens (including phenoxy) is 1. The summed E-state index contributed by atoms with van der Waals surface area (Å²) in [5.74, 6) is 2.71. The fourth-order valence-electron chi connectivity index (χ4n) is 3.41. The Balaban J connectivity index is 1.59. The molecular weight excluding hydrogens is 416 g/mol. The molecular formula is C27H18F4O. The summed E-state index contributed by atoms with van der Waals surface area (Å²) in [6, 6.07) is 16.3. The fourth-order valence-corrected chi connectivity index (χ4v) is 3.41. The molecule has 4 aromatic carbocycles. The summed E-state index contributed by atoms with van der Waals surface area (Å²) < 4.78 is 61.0. The van der Waals surface area contributed by atoms with E-state index in [1.807, 2.05) is 0 Å². The molecule has 1 nitrogen and oxygen atoms in total. The minimum atomic E-state index is -0.941. The van der Waals surface area contributed by atoms with E-state index in [1.54, 1.807) is 43.5 Å². The maximum Gasteiger partial charge on any atom is 0.159 e. The van der Waals surface area contributed by atoms with Crippen LogP contribution in [-0.4, -0.2) is 13.7 Å². The zero-order valence-corrected chi connectivity index (χ0v) is 17.2. The van der Waals surface area contributed by atoms with Crippen molar-refractivity contribution in [2.75, 3.05) is 13.7 Å². The zero-order chi connectivity index (χ0) is 22.7. The zero-order valence-electron chi connectivity index (χ0n) is 17.2. The van der Waals surface area contributed by atoms with Gasteiger partial charge >= 0.3 is 0 Å². The largest absolute Gasteiger partial charge is 0.384 e. The van der Waals surface area contributed by atoms with Crippen molar-refractivity contribution in [2.45, 2.75) is 6.42 Å². The van der Waals surface area contributed by atoms with E-state index in [1.165, 1.54) is 18.2 Å². The van der Waals surface area contributed by atoms with Gasteiger partial charge in [-0.1, -0.05) is 36.1 Å². The normalized spacial score (nSPS) is 10.8. The second kappa shape index (κ2) is 9.25. The van der Waals surface area contributed by atoms with Gasteiger partial charge in [0, 0.05) is 18.2 Å². The predicted octanol–water partition coefficient (Wildman–Crippen LogP) is 6.65. The number of hydrogen-bond donors (Lipinski definition) is 0. The third kappa shape index (κ3) is 4.66. The maximum absolute atomic E-state index is 14.6. The van der Waals surface area contributed by atoms with Crippen LogP contribution >= 0.6 is 0 Å². The van der Waals surface area contributed by atoms with E-state index in [0.717, 1.165) is 17.7 Å². The highest BCUT2D eigenvalue weighted by atomic mass is 19.2. The minimum Gasteiger partial charge on any atom is -0.384 e. The molecule has 0 saturated heterocycles. The molecule has 4 rings (SSSR count). The van der Waals surface area contributed by atoms with Crippen molar-refractivity contribution in [1.82, 2.24) is 0 Å². The van der Waals surface area contributed by atoms with Gasteiger partial charge in [-0.25, -0.2) is 17.6 Å². The summed E-state index contributed by atoms with van der Waals surface area (Å²) in [4.78, 5) is 0. The highest BCUT2D eigenvalue weighted by molar-refractivity contribution is 5.84. The van der Waals surface area contributed by atoms with Crippen LogP contribution in [-0.2, 0) is 11.2 Å². The SMILES string of the molecule is COCCc1ccc(-c2ccc(C#Cc3ccc4cc(F)c(F)cc4c3)c(F)c2)c(F)c1. The van der Waals surface area contributed by atoms with Crippen molar-refractivity contribution >= 4 is 10.8 Å². The van der Waals surface area contributed by atoms with Crippen molar-refractivity contribution < 1.29 is 22.3 Å². The van der Waals surface area contributed by atoms with Crippen LogP contribution in [0.25, 0.3) is 21.9 Å². The number of benzene rings is 4. The van der Waals surface area contributed by atoms with Gasteiger partial charge in [-0.05, 0) is 70.8 Å². The van der Waals surface area contributed by atoms with Gasteiger partial charge in [-0.2, -0.15) is 0 Å². The smallest absolute Gasteiger partial charge is 0.159 e. The van der Waals surface area contributed by atoms with Crippen molar-refractivity contribution in [3.63, 3.8) is 0 Å². The van der Waals surface area contributed by atoms with Crippen LogP contribution in [0.3, 0.4) is 0 Å². The quantitative estimate of drug-likeness (QED) is 0.258. The topological polar surface area (TPSA) is 9.23 Å². The summed E-state index contributed by atoms with van der Waals surface area (Å²) in [5.41, 5.74) is 2.19. The van der Waals surface area contributed by atoms with Crippen LogP contribution in [0.4, 0.5) is 17.6 Å². The molecule has 0 fully saturated rings. The van der Waals surface area contributed by atoms with Gasteiger partial charge in [0.2, 0.25) is 0 Å². The molecule has 0 aliphatic carbocycles. The molecule has 4 aromatic rings. The lowest BCUT2D eigenvalue weighted by atomic mass is 10.0. The molecule has 0 unspecified atom stereocenters. The van der Waals surface area contributed by atoms with Gasteiger partial charge in [0.15, 0.2) is 11.6 Å². The summed E-state index contributed by atoms with van der Waals surface area (Å²) in [5, 5.41) is 1.04. The molecule has 0 N–H and O–H groups in total. The first-order valence-electron chi connectivity index (χ1n) is 9.93. The Labute approximate surface area is 183 Å². The molecule has 0 spiro atoms. The third-order valence-corrected chi connectivity index (χ3v) is 5.13. The average Bonchev–Trinajstić information content (AvgIpc) is 2.78. The molecule has 0 aliphatic rings. The van der Waals surface area contributed by atoms with Crippen molar-refractivity contribution in [2.24, 2.45) is 0 Å². The van der Waals surface area contributed by atoms with Crippen molar-refractivity contribution in [3.05, 3.63) is 107 Å². The first kappa shape index (κ1) is 21.6. The van der Waals surface area contributed by atoms with E-state index < -0.39 is 23.3 Å². The molecule has 0 radical (unpaired) electrons. The second-order valence-corrected chi connectivity index (χ2v) is 7.33. The van der Waals surface area contributed by atoms with Crippen molar-refractivity contribution in [3.8, 4) is 23.0 Å². The third-order valence-electron chi connectivity index (χ3n) is 5.13. The average molecular weight is 434 g/mol. The number of fused-ring (bicyclic) bond motifs is 1. The lowest BCUT2D eigenvalue weighted by Crippen LogP contribution is -1.96. The van der Waals surface area contributed by atoms with Crippen LogP contribution in [0.1, 0.15) is 16.7 Å². The number of rotatable bonds is 4. The fraction of sp³-hybridized carbons (Fsp3) is 0.111. The molecule has 32 heavy (non-hydrogen) atoms. The first-order valence-corrected chi connectivity index (χ1v) is 9.93. The summed E-state index contributed by atoms with van der Waals surface area (Å²) in [6.45, 7) is 0.490. The molecule has 0 saturated carbocycles. The van der Waals surface area contributed by atoms with Gasteiger partial charge in [0.25, 0.3) is 0 Å². The van der Waals surface area contributed by atoms with E-state index in [2.05, 4.69) is 11.8 Å². The van der Waals surface area contributed by atoms with Crippen LogP contribution in [0.5, 0.6) is 0 Å². The standard InChI is InChI=1S/C27H18F4O/c1-32-11-10-18-4-9-23(25(29)13-18)21-8-7-19(24(28)15-21)5-2-17-3-6-20-14-26(30)27(31)16-22(20)12-17/h3-4,6-9,12-16H,10-11H2,1H3. The van der Waals surface area contributed by atoms with E-state index in [9.17, 15) is 17.6 Å². The second-order valence-electron chi connectivity index (χ2n) is 7.33. The van der Waals surface area contributed by atoms with Crippen molar-refractivity contribution in [1.29, 1.82) is 0 Å². The molecule has 0 heterocycles. The van der Waals surface area contributed by atoms with Gasteiger partial charge in [-0.3, -0.25) is 0 Å². The van der Waals surface area contributed by atoms with Gasteiger partial charge in [0.1, 0.15) is 11.6 Å². The number of halogens is 4. The van der Waals surface area contributed by atoms with Crippen LogP contribution in [0.15, 0.2) is 66.7 Å². The Morgan fingerprint density at radius 2 is 1.47 bits per heavy atom. The molecule has 160 valence electrons. The Hall–Kier alpha value is -3.62. The van der Waals surface area contributed by atoms with E-state index >= 15 is 0 Å². The summed E-state index contributed by atoms with van der Waals surface area (Å²) in [6.07, 6.45) is 0.590. The Bertz CT molecular complexity index is 1370. The number of methoxy groups -OCH3 is 1. The van der Waals surface area contributed by atoms with Crippen LogP contribution in [0.2, 0.25) is 0 Å². The van der Waals surface area contributed by atoms with E-state index in [0.29, 0.717) is 40.5 Å². The molecule has 5 heteroatoms. The lowest BCUT2D eigenvalue weighted by Gasteiger charge is -2.07. The molecule has 0 amide bonds. The predicted molar refractivity (Wildman–Crippen MR) is 117 cm³/mol. The first-order chi connectivity index (χ1) is 15.4. The Kier molecular flexibility index (Phi) is 6.25. The molecule has 0 bridgehead atoms. The highest BCUT2D eigenvalue weighted by Gasteiger charge is 2.09. The minimum absolute atomic E-state index is 0.149. The monoisotopic (exact) mass is 434 g/mol. The molecule has 0 aromatic heterocycles. The van der Waals surface area contributed by atoms with Gasteiger partial charge in [-0.15, -0.1) is 0 Å². The maximum atomic E-state index is 14.6. The summed E-state index contributed by atoms with van der Waals surface area (Å²) in [7, 11) is 1.58. The Morgan fingerprint density at radius 1 is 0.688 bits per heavy atom. The Morgan fingerprint density at radius 3 is 2.19 bits per heavy atom. The lowest BCUT2D eigenvalue weighted by molar-refractivity contribution is 0.202.